The highest BCUT2D eigenvalue weighted by atomic mass is 32.2. The van der Waals surface area contributed by atoms with Crippen LogP contribution in [-0.2, 0) is 16.8 Å². The maximum absolute atomic E-state index is 14.4. The molecule has 0 unspecified atom stereocenters. The van der Waals surface area contributed by atoms with E-state index in [0.717, 1.165) is 19.9 Å². The molecule has 3 rings (SSSR count). The largest absolute Gasteiger partial charge is 0.492 e. The Morgan fingerprint density at radius 2 is 1.71 bits per heavy atom. The van der Waals surface area contributed by atoms with Gasteiger partial charge in [-0.15, -0.1) is 0 Å². The van der Waals surface area contributed by atoms with Crippen molar-refractivity contribution in [3.63, 3.8) is 0 Å². The number of ether oxygens (including phenoxy) is 1. The standard InChI is InChI=1S/C25H28FN3O4S/c1-19-7-6-8-22(17-19)33-16-15-27-25(30)21-13-11-20(12-14-21)18-29(34(31,32)28(2)3)24-10-5-4-9-23(24)26/h4-14,17H,15-16,18H2,1-3H3,(H,27,30). The second kappa shape index (κ2) is 11.1. The molecule has 0 aromatic heterocycles. The van der Waals surface area contributed by atoms with E-state index in [0.29, 0.717) is 24.3 Å². The molecule has 1 N–H and O–H groups in total. The van der Waals surface area contributed by atoms with Crippen LogP contribution in [0.4, 0.5) is 10.1 Å². The van der Waals surface area contributed by atoms with Gasteiger partial charge in [-0.2, -0.15) is 12.7 Å². The molecule has 0 atom stereocenters. The van der Waals surface area contributed by atoms with Crippen LogP contribution in [0, 0.1) is 12.7 Å². The zero-order chi connectivity index (χ0) is 24.7. The van der Waals surface area contributed by atoms with E-state index in [-0.39, 0.29) is 18.1 Å². The fourth-order valence-electron chi connectivity index (χ4n) is 3.21. The predicted octanol–water partition coefficient (Wildman–Crippen LogP) is 3.76. The molecule has 180 valence electrons. The first-order chi connectivity index (χ1) is 16.2. The van der Waals surface area contributed by atoms with E-state index in [1.54, 1.807) is 30.3 Å². The van der Waals surface area contributed by atoms with E-state index in [9.17, 15) is 17.6 Å². The maximum atomic E-state index is 14.4. The van der Waals surface area contributed by atoms with E-state index in [4.69, 9.17) is 4.74 Å². The minimum Gasteiger partial charge on any atom is -0.492 e. The van der Waals surface area contributed by atoms with Gasteiger partial charge in [0.25, 0.3) is 5.91 Å². The number of hydrogen-bond acceptors (Lipinski definition) is 4. The number of halogens is 1. The molecular formula is C25H28FN3O4S. The SMILES string of the molecule is Cc1cccc(OCCNC(=O)c2ccc(CN(c3ccccc3F)S(=O)(=O)N(C)C)cc2)c1. The van der Waals surface area contributed by atoms with Crippen LogP contribution >= 0.6 is 0 Å². The van der Waals surface area contributed by atoms with E-state index in [1.807, 2.05) is 31.2 Å². The van der Waals surface area contributed by atoms with Gasteiger partial charge in [-0.25, -0.2) is 4.39 Å². The minimum absolute atomic E-state index is 0.0494. The lowest BCUT2D eigenvalue weighted by Crippen LogP contribution is -2.40. The number of rotatable bonds is 10. The van der Waals surface area contributed by atoms with Gasteiger partial charge in [-0.3, -0.25) is 9.10 Å². The van der Waals surface area contributed by atoms with Gasteiger partial charge in [-0.05, 0) is 54.4 Å². The lowest BCUT2D eigenvalue weighted by Gasteiger charge is -2.27. The minimum atomic E-state index is -3.95. The van der Waals surface area contributed by atoms with Crippen molar-refractivity contribution < 1.29 is 22.3 Å². The van der Waals surface area contributed by atoms with Crippen molar-refractivity contribution in [3.8, 4) is 5.75 Å². The molecule has 0 bridgehead atoms. The molecule has 0 saturated carbocycles. The van der Waals surface area contributed by atoms with E-state index < -0.39 is 16.0 Å². The Labute approximate surface area is 200 Å². The van der Waals surface area contributed by atoms with Crippen LogP contribution in [0.3, 0.4) is 0 Å². The zero-order valence-corrected chi connectivity index (χ0v) is 20.2. The van der Waals surface area contributed by atoms with Gasteiger partial charge in [0.05, 0.1) is 18.8 Å². The predicted molar refractivity (Wildman–Crippen MR) is 131 cm³/mol. The van der Waals surface area contributed by atoms with E-state index >= 15 is 0 Å². The van der Waals surface area contributed by atoms with Crippen molar-refractivity contribution in [1.82, 2.24) is 9.62 Å². The number of nitrogens with zero attached hydrogens (tertiary/aromatic N) is 2. The Morgan fingerprint density at radius 3 is 2.35 bits per heavy atom. The number of benzene rings is 3. The van der Waals surface area contributed by atoms with Crippen LogP contribution in [0.1, 0.15) is 21.5 Å². The Hall–Kier alpha value is -3.43. The van der Waals surface area contributed by atoms with Gasteiger partial charge in [0.2, 0.25) is 0 Å². The number of amides is 1. The Bertz CT molecular complexity index is 1230. The third-order valence-corrected chi connectivity index (χ3v) is 6.85. The quantitative estimate of drug-likeness (QED) is 0.444. The number of nitrogens with one attached hydrogen (secondary N) is 1. The second-order valence-corrected chi connectivity index (χ2v) is 9.93. The highest BCUT2D eigenvalue weighted by Crippen LogP contribution is 2.25. The Kier molecular flexibility index (Phi) is 8.25. The lowest BCUT2D eigenvalue weighted by atomic mass is 10.1. The summed E-state index contributed by atoms with van der Waals surface area (Å²) < 4.78 is 47.7. The first-order valence-electron chi connectivity index (χ1n) is 10.7. The maximum Gasteiger partial charge on any atom is 0.303 e. The molecule has 3 aromatic carbocycles. The topological polar surface area (TPSA) is 79.0 Å². The molecule has 0 aliphatic carbocycles. The summed E-state index contributed by atoms with van der Waals surface area (Å²) in [6.07, 6.45) is 0. The molecule has 34 heavy (non-hydrogen) atoms. The van der Waals surface area contributed by atoms with Crippen molar-refractivity contribution in [2.75, 3.05) is 31.6 Å². The molecule has 0 radical (unpaired) electrons. The van der Waals surface area contributed by atoms with Crippen molar-refractivity contribution in [2.24, 2.45) is 0 Å². The van der Waals surface area contributed by atoms with Gasteiger partial charge in [0, 0.05) is 19.7 Å². The summed E-state index contributed by atoms with van der Waals surface area (Å²) in [6, 6.07) is 19.9. The molecule has 3 aromatic rings. The van der Waals surface area contributed by atoms with E-state index in [2.05, 4.69) is 5.32 Å². The molecule has 0 saturated heterocycles. The van der Waals surface area contributed by atoms with E-state index in [1.165, 1.54) is 32.3 Å². The van der Waals surface area contributed by atoms with Gasteiger partial charge in [0.1, 0.15) is 18.2 Å². The summed E-state index contributed by atoms with van der Waals surface area (Å²) in [4.78, 5) is 12.4. The van der Waals surface area contributed by atoms with Crippen molar-refractivity contribution >= 4 is 21.8 Å². The summed E-state index contributed by atoms with van der Waals surface area (Å²) in [5, 5.41) is 2.79. The average Bonchev–Trinajstić information content (AvgIpc) is 2.81. The van der Waals surface area contributed by atoms with Crippen molar-refractivity contribution in [3.05, 3.63) is 95.3 Å². The molecular weight excluding hydrogens is 457 g/mol. The molecule has 7 nitrogen and oxygen atoms in total. The molecule has 1 amide bonds. The smallest absolute Gasteiger partial charge is 0.303 e. The summed E-state index contributed by atoms with van der Waals surface area (Å²) in [5.74, 6) is -0.172. The first-order valence-corrected chi connectivity index (χ1v) is 12.1. The Morgan fingerprint density at radius 1 is 1.00 bits per heavy atom. The van der Waals surface area contributed by atoms with Crippen LogP contribution in [-0.4, -0.2) is 45.9 Å². The monoisotopic (exact) mass is 485 g/mol. The van der Waals surface area contributed by atoms with Gasteiger partial charge >= 0.3 is 10.2 Å². The first kappa shape index (κ1) is 25.2. The van der Waals surface area contributed by atoms with Crippen LogP contribution in [0.15, 0.2) is 72.8 Å². The van der Waals surface area contributed by atoms with Crippen molar-refractivity contribution in [1.29, 1.82) is 0 Å². The molecule has 0 heterocycles. The van der Waals surface area contributed by atoms with Crippen LogP contribution in [0.5, 0.6) is 5.75 Å². The molecule has 0 aliphatic rings. The molecule has 0 fully saturated rings. The normalized spacial score (nSPS) is 11.3. The van der Waals surface area contributed by atoms with Crippen LogP contribution < -0.4 is 14.4 Å². The fraction of sp³-hybridized carbons (Fsp3) is 0.240. The third kappa shape index (κ3) is 6.33. The molecule has 0 spiro atoms. The number of anilines is 1. The fourth-order valence-corrected chi connectivity index (χ4v) is 4.31. The summed E-state index contributed by atoms with van der Waals surface area (Å²) >= 11 is 0. The molecule has 9 heteroatoms. The average molecular weight is 486 g/mol. The number of para-hydroxylation sites is 1. The highest BCUT2D eigenvalue weighted by molar-refractivity contribution is 7.90. The second-order valence-electron chi connectivity index (χ2n) is 7.87. The summed E-state index contributed by atoms with van der Waals surface area (Å²) in [5.41, 5.74) is 2.07. The Balaban J connectivity index is 1.64. The number of hydrogen-bond donors (Lipinski definition) is 1. The lowest BCUT2D eigenvalue weighted by molar-refractivity contribution is 0.0947. The summed E-state index contributed by atoms with van der Waals surface area (Å²) in [7, 11) is -1.17. The third-order valence-electron chi connectivity index (χ3n) is 5.05. The molecule has 0 aliphatic heterocycles. The number of aryl methyl sites for hydroxylation is 1. The van der Waals surface area contributed by atoms with Crippen LogP contribution in [0.25, 0.3) is 0 Å². The van der Waals surface area contributed by atoms with Gasteiger partial charge < -0.3 is 10.1 Å². The number of carbonyl (C=O) groups is 1. The van der Waals surface area contributed by atoms with Gasteiger partial charge in [-0.1, -0.05) is 36.4 Å². The zero-order valence-electron chi connectivity index (χ0n) is 19.4. The highest BCUT2D eigenvalue weighted by Gasteiger charge is 2.27. The van der Waals surface area contributed by atoms with Gasteiger partial charge in [0.15, 0.2) is 0 Å². The number of carbonyl (C=O) groups excluding carboxylic acids is 1. The van der Waals surface area contributed by atoms with Crippen LogP contribution in [0.2, 0.25) is 0 Å². The summed E-state index contributed by atoms with van der Waals surface area (Å²) in [6.45, 7) is 2.54. The van der Waals surface area contributed by atoms with Crippen molar-refractivity contribution in [2.45, 2.75) is 13.5 Å².